The SMILES string of the molecule is CC(C)[C@H](CO)N1C(=O)[C@@H]2[C@H]3C(=O)OCCC=C[C@H]3S[C@@]23C=CCN(C(C)(C)CC(C)(C)C)C(=O)C13. The van der Waals surface area contributed by atoms with E-state index in [0.29, 0.717) is 19.6 Å². The molecule has 0 bridgehead atoms. The number of amides is 2. The van der Waals surface area contributed by atoms with Crippen LogP contribution in [0.5, 0.6) is 0 Å². The molecule has 8 heteroatoms. The van der Waals surface area contributed by atoms with Crippen LogP contribution < -0.4 is 0 Å². The highest BCUT2D eigenvalue weighted by Crippen LogP contribution is 2.61. The van der Waals surface area contributed by atoms with Gasteiger partial charge in [0.15, 0.2) is 0 Å². The number of nitrogens with zero attached hydrogens (tertiary/aromatic N) is 2. The Bertz CT molecular complexity index is 967. The summed E-state index contributed by atoms with van der Waals surface area (Å²) in [4.78, 5) is 45.6. The minimum atomic E-state index is -0.897. The number of rotatable bonds is 5. The van der Waals surface area contributed by atoms with Crippen LogP contribution in [-0.2, 0) is 19.1 Å². The fourth-order valence-corrected chi connectivity index (χ4v) is 8.95. The van der Waals surface area contributed by atoms with E-state index >= 15 is 0 Å². The van der Waals surface area contributed by atoms with Gasteiger partial charge in [0, 0.05) is 17.3 Å². The molecule has 2 fully saturated rings. The molecule has 0 saturated carbocycles. The Morgan fingerprint density at radius 3 is 2.44 bits per heavy atom. The molecule has 1 unspecified atom stereocenters. The van der Waals surface area contributed by atoms with Crippen molar-refractivity contribution < 1.29 is 24.2 Å². The van der Waals surface area contributed by atoms with E-state index < -0.39 is 34.2 Å². The van der Waals surface area contributed by atoms with E-state index in [0.717, 1.165) is 6.42 Å². The van der Waals surface area contributed by atoms with Gasteiger partial charge in [-0.1, -0.05) is 58.9 Å². The van der Waals surface area contributed by atoms with Crippen LogP contribution in [0.3, 0.4) is 0 Å². The standard InChI is InChI=1S/C28H42N2O5S/c1-17(2)18(15-31)30-22-24(33)29(27(6,7)16-26(3,4)5)13-10-12-28(22)21(23(30)32)20-19(36-28)11-8-9-14-35-25(20)34/h8,10-12,17-22,31H,9,13-16H2,1-7H3/t18-,19+,20-,21-,22?,28-/m0/s1. The molecule has 0 aromatic rings. The van der Waals surface area contributed by atoms with Gasteiger partial charge in [-0.05, 0) is 38.0 Å². The van der Waals surface area contributed by atoms with Crippen molar-refractivity contribution in [3.8, 4) is 0 Å². The number of cyclic esters (lactones) is 1. The van der Waals surface area contributed by atoms with Gasteiger partial charge in [-0.2, -0.15) is 0 Å². The van der Waals surface area contributed by atoms with Crippen LogP contribution in [0.1, 0.15) is 61.3 Å². The molecular formula is C28H42N2O5S. The van der Waals surface area contributed by atoms with E-state index in [4.69, 9.17) is 4.74 Å². The third kappa shape index (κ3) is 4.42. The highest BCUT2D eigenvalue weighted by atomic mass is 32.2. The zero-order valence-electron chi connectivity index (χ0n) is 22.7. The Hall–Kier alpha value is -1.80. The number of carbonyl (C=O) groups is 3. The minimum absolute atomic E-state index is 0.00112. The van der Waals surface area contributed by atoms with Crippen LogP contribution in [0.2, 0.25) is 0 Å². The molecule has 4 aliphatic heterocycles. The summed E-state index contributed by atoms with van der Waals surface area (Å²) in [5, 5.41) is 10.1. The summed E-state index contributed by atoms with van der Waals surface area (Å²) in [6.07, 6.45) is 9.50. The van der Waals surface area contributed by atoms with Gasteiger partial charge < -0.3 is 19.6 Å². The van der Waals surface area contributed by atoms with Gasteiger partial charge in [0.05, 0.1) is 35.8 Å². The first-order valence-corrected chi connectivity index (χ1v) is 14.1. The lowest BCUT2D eigenvalue weighted by molar-refractivity contribution is -0.154. The topological polar surface area (TPSA) is 87.2 Å². The maximum absolute atomic E-state index is 14.6. The first-order valence-electron chi connectivity index (χ1n) is 13.2. The number of ether oxygens (including phenoxy) is 1. The predicted octanol–water partition coefficient (Wildman–Crippen LogP) is 3.42. The number of thioether (sulfide) groups is 1. The van der Waals surface area contributed by atoms with E-state index in [-0.39, 0.29) is 41.0 Å². The molecule has 0 aromatic carbocycles. The van der Waals surface area contributed by atoms with E-state index in [1.807, 2.05) is 43.1 Å². The lowest BCUT2D eigenvalue weighted by Crippen LogP contribution is -2.61. The summed E-state index contributed by atoms with van der Waals surface area (Å²) in [6.45, 7) is 15.1. The van der Waals surface area contributed by atoms with Crippen molar-refractivity contribution in [2.75, 3.05) is 19.8 Å². The lowest BCUT2D eigenvalue weighted by Gasteiger charge is -2.45. The summed E-state index contributed by atoms with van der Waals surface area (Å²) >= 11 is 1.55. The predicted molar refractivity (Wildman–Crippen MR) is 141 cm³/mol. The minimum Gasteiger partial charge on any atom is -0.465 e. The normalized spacial score (nSPS) is 33.6. The van der Waals surface area contributed by atoms with E-state index in [1.165, 1.54) is 0 Å². The maximum Gasteiger partial charge on any atom is 0.311 e. The van der Waals surface area contributed by atoms with Crippen LogP contribution in [-0.4, -0.2) is 80.1 Å². The van der Waals surface area contributed by atoms with Crippen molar-refractivity contribution in [2.45, 2.75) is 88.9 Å². The number of carbonyl (C=O) groups excluding carboxylic acids is 3. The molecule has 1 N–H and O–H groups in total. The van der Waals surface area contributed by atoms with Crippen molar-refractivity contribution in [3.63, 3.8) is 0 Å². The van der Waals surface area contributed by atoms with Gasteiger partial charge in [-0.25, -0.2) is 0 Å². The summed E-state index contributed by atoms with van der Waals surface area (Å²) in [7, 11) is 0. The Morgan fingerprint density at radius 2 is 1.83 bits per heavy atom. The summed E-state index contributed by atoms with van der Waals surface area (Å²) in [6, 6.07) is -1.32. The molecule has 4 rings (SSSR count). The number of likely N-dealkylation sites (tertiary alicyclic amines) is 1. The molecule has 0 aromatic heterocycles. The number of aliphatic hydroxyl groups is 1. The Labute approximate surface area is 219 Å². The molecule has 0 radical (unpaired) electrons. The van der Waals surface area contributed by atoms with Crippen molar-refractivity contribution >= 4 is 29.5 Å². The molecule has 2 amide bonds. The zero-order valence-corrected chi connectivity index (χ0v) is 23.5. The monoisotopic (exact) mass is 518 g/mol. The summed E-state index contributed by atoms with van der Waals surface area (Å²) < 4.78 is 4.65. The molecule has 36 heavy (non-hydrogen) atoms. The number of hydrogen-bond donors (Lipinski definition) is 1. The van der Waals surface area contributed by atoms with Crippen molar-refractivity contribution in [2.24, 2.45) is 23.2 Å². The smallest absolute Gasteiger partial charge is 0.311 e. The molecule has 1 spiro atoms. The van der Waals surface area contributed by atoms with Gasteiger partial charge in [-0.15, -0.1) is 11.8 Å². The molecule has 7 nitrogen and oxygen atoms in total. The first kappa shape index (κ1) is 27.2. The van der Waals surface area contributed by atoms with Gasteiger partial charge >= 0.3 is 5.97 Å². The number of hydrogen-bond acceptors (Lipinski definition) is 6. The average molecular weight is 519 g/mol. The molecule has 4 heterocycles. The maximum atomic E-state index is 14.6. The quantitative estimate of drug-likeness (QED) is 0.443. The van der Waals surface area contributed by atoms with Crippen molar-refractivity contribution in [1.82, 2.24) is 9.80 Å². The van der Waals surface area contributed by atoms with Crippen LogP contribution in [0.25, 0.3) is 0 Å². The fourth-order valence-electron chi connectivity index (χ4n) is 6.96. The molecule has 6 atom stereocenters. The van der Waals surface area contributed by atoms with E-state index in [1.54, 1.807) is 16.7 Å². The summed E-state index contributed by atoms with van der Waals surface area (Å²) in [5.41, 5.74) is -0.451. The number of esters is 1. The Kier molecular flexibility index (Phi) is 7.19. The van der Waals surface area contributed by atoms with Crippen LogP contribution in [0, 0.1) is 23.2 Å². The second-order valence-electron chi connectivity index (χ2n) is 12.9. The van der Waals surface area contributed by atoms with Gasteiger partial charge in [-0.3, -0.25) is 14.4 Å². The van der Waals surface area contributed by atoms with Crippen molar-refractivity contribution in [3.05, 3.63) is 24.3 Å². The lowest BCUT2D eigenvalue weighted by atomic mass is 9.78. The highest BCUT2D eigenvalue weighted by molar-refractivity contribution is 8.02. The summed E-state index contributed by atoms with van der Waals surface area (Å²) in [5.74, 6) is -2.14. The van der Waals surface area contributed by atoms with Gasteiger partial charge in [0.1, 0.15) is 6.04 Å². The fraction of sp³-hybridized carbons (Fsp3) is 0.750. The average Bonchev–Trinajstić information content (AvgIpc) is 3.10. The molecule has 4 aliphatic rings. The molecule has 0 aliphatic carbocycles. The molecule has 200 valence electrons. The Morgan fingerprint density at radius 1 is 1.14 bits per heavy atom. The largest absolute Gasteiger partial charge is 0.465 e. The first-order chi connectivity index (χ1) is 16.7. The molecular weight excluding hydrogens is 476 g/mol. The number of fused-ring (bicyclic) bond motifs is 2. The number of aliphatic hydroxyl groups excluding tert-OH is 1. The van der Waals surface area contributed by atoms with Crippen LogP contribution in [0.15, 0.2) is 24.3 Å². The highest BCUT2D eigenvalue weighted by Gasteiger charge is 2.72. The second kappa shape index (κ2) is 9.50. The van der Waals surface area contributed by atoms with Crippen LogP contribution in [0.4, 0.5) is 0 Å². The van der Waals surface area contributed by atoms with Crippen molar-refractivity contribution in [1.29, 1.82) is 0 Å². The second-order valence-corrected chi connectivity index (χ2v) is 14.4. The zero-order chi connectivity index (χ0) is 26.6. The third-order valence-corrected chi connectivity index (χ3v) is 9.81. The van der Waals surface area contributed by atoms with Gasteiger partial charge in [0.2, 0.25) is 11.8 Å². The van der Waals surface area contributed by atoms with Gasteiger partial charge in [0.25, 0.3) is 0 Å². The van der Waals surface area contributed by atoms with E-state index in [2.05, 4.69) is 34.6 Å². The Balaban J connectivity index is 1.86. The third-order valence-electron chi connectivity index (χ3n) is 8.07. The van der Waals surface area contributed by atoms with E-state index in [9.17, 15) is 19.5 Å². The molecule has 2 saturated heterocycles. The van der Waals surface area contributed by atoms with Crippen LogP contribution >= 0.6 is 11.8 Å².